The highest BCUT2D eigenvalue weighted by Crippen LogP contribution is 2.33. The van der Waals surface area contributed by atoms with E-state index in [0.717, 1.165) is 46.4 Å². The van der Waals surface area contributed by atoms with Crippen LogP contribution in [0.1, 0.15) is 57.5 Å². The van der Waals surface area contributed by atoms with Crippen molar-refractivity contribution >= 4 is 23.4 Å². The molecular formula is C29H29ClN2O3. The molecule has 0 atom stereocenters. The van der Waals surface area contributed by atoms with E-state index in [4.69, 9.17) is 16.3 Å². The van der Waals surface area contributed by atoms with Crippen LogP contribution in [-0.2, 0) is 13.2 Å². The second-order valence-electron chi connectivity index (χ2n) is 9.57. The smallest absolute Gasteiger partial charge is 0.254 e. The lowest BCUT2D eigenvalue weighted by Crippen LogP contribution is -2.33. The predicted octanol–water partition coefficient (Wildman–Crippen LogP) is 6.19. The van der Waals surface area contributed by atoms with Gasteiger partial charge in [-0.25, -0.2) is 0 Å². The van der Waals surface area contributed by atoms with E-state index in [-0.39, 0.29) is 11.8 Å². The number of ether oxygens (including phenoxy) is 1. The van der Waals surface area contributed by atoms with Crippen molar-refractivity contribution in [1.29, 1.82) is 0 Å². The van der Waals surface area contributed by atoms with Crippen LogP contribution in [0.3, 0.4) is 0 Å². The molecule has 180 valence electrons. The maximum atomic E-state index is 12.8. The van der Waals surface area contributed by atoms with Gasteiger partial charge in [0.1, 0.15) is 12.4 Å². The van der Waals surface area contributed by atoms with E-state index in [1.54, 1.807) is 20.2 Å². The maximum absolute atomic E-state index is 12.8. The van der Waals surface area contributed by atoms with Gasteiger partial charge in [-0.3, -0.25) is 9.59 Å². The number of benzene rings is 3. The van der Waals surface area contributed by atoms with Crippen LogP contribution in [0.25, 0.3) is 11.1 Å². The summed E-state index contributed by atoms with van der Waals surface area (Å²) >= 11 is 6.27. The zero-order chi connectivity index (χ0) is 24.5. The van der Waals surface area contributed by atoms with Gasteiger partial charge in [-0.15, -0.1) is 0 Å². The first-order chi connectivity index (χ1) is 16.9. The van der Waals surface area contributed by atoms with Crippen LogP contribution in [0.5, 0.6) is 5.75 Å². The van der Waals surface area contributed by atoms with Gasteiger partial charge in [-0.2, -0.15) is 0 Å². The molecule has 2 aliphatic rings. The van der Waals surface area contributed by atoms with Gasteiger partial charge in [0.05, 0.1) is 10.6 Å². The lowest BCUT2D eigenvalue weighted by Gasteiger charge is -2.23. The Morgan fingerprint density at radius 3 is 2.57 bits per heavy atom. The molecule has 3 aromatic carbocycles. The third-order valence-corrected chi connectivity index (χ3v) is 7.27. The summed E-state index contributed by atoms with van der Waals surface area (Å²) in [6.07, 6.45) is 4.64. The fourth-order valence-electron chi connectivity index (χ4n) is 5.04. The largest absolute Gasteiger partial charge is 0.489 e. The summed E-state index contributed by atoms with van der Waals surface area (Å²) in [6, 6.07) is 19.8. The van der Waals surface area contributed by atoms with Crippen LogP contribution in [-0.4, -0.2) is 41.8 Å². The Morgan fingerprint density at radius 2 is 1.80 bits per heavy atom. The van der Waals surface area contributed by atoms with E-state index < -0.39 is 0 Å². The van der Waals surface area contributed by atoms with Crippen molar-refractivity contribution in [2.24, 2.45) is 0 Å². The average molecular weight is 489 g/mol. The quantitative estimate of drug-likeness (QED) is 0.416. The number of carbonyl (C=O) groups excluding carboxylic acids is 2. The van der Waals surface area contributed by atoms with Crippen molar-refractivity contribution in [3.8, 4) is 16.9 Å². The molecular weight excluding hydrogens is 460 g/mol. The van der Waals surface area contributed by atoms with Gasteiger partial charge in [0, 0.05) is 32.2 Å². The van der Waals surface area contributed by atoms with Gasteiger partial charge < -0.3 is 14.5 Å². The summed E-state index contributed by atoms with van der Waals surface area (Å²) in [6.45, 7) is 1.08. The van der Waals surface area contributed by atoms with Crippen LogP contribution in [0.4, 0.5) is 0 Å². The minimum absolute atomic E-state index is 0.127. The monoisotopic (exact) mass is 488 g/mol. The fraction of sp³-hybridized carbons (Fsp3) is 0.310. The normalized spacial score (nSPS) is 15.4. The average Bonchev–Trinajstić information content (AvgIpc) is 3.51. The maximum Gasteiger partial charge on any atom is 0.254 e. The molecule has 0 spiro atoms. The van der Waals surface area contributed by atoms with Crippen molar-refractivity contribution in [1.82, 2.24) is 9.80 Å². The molecule has 1 fully saturated rings. The van der Waals surface area contributed by atoms with Crippen LogP contribution in [0.15, 0.2) is 60.7 Å². The first-order valence-corrected chi connectivity index (χ1v) is 12.5. The number of hydrogen-bond donors (Lipinski definition) is 0. The molecule has 0 aromatic heterocycles. The van der Waals surface area contributed by atoms with E-state index in [0.29, 0.717) is 29.8 Å². The molecule has 35 heavy (non-hydrogen) atoms. The van der Waals surface area contributed by atoms with Crippen molar-refractivity contribution < 1.29 is 14.3 Å². The van der Waals surface area contributed by atoms with Gasteiger partial charge >= 0.3 is 0 Å². The molecule has 1 saturated carbocycles. The summed E-state index contributed by atoms with van der Waals surface area (Å²) in [7, 11) is 3.43. The van der Waals surface area contributed by atoms with Crippen molar-refractivity contribution in [3.63, 3.8) is 0 Å². The van der Waals surface area contributed by atoms with E-state index >= 15 is 0 Å². The molecule has 1 aliphatic heterocycles. The molecule has 0 saturated heterocycles. The Kier molecular flexibility index (Phi) is 6.52. The molecule has 3 aromatic rings. The minimum atomic E-state index is -0.127. The van der Waals surface area contributed by atoms with Crippen molar-refractivity contribution in [2.75, 3.05) is 14.1 Å². The van der Waals surface area contributed by atoms with Gasteiger partial charge in [-0.1, -0.05) is 48.7 Å². The highest BCUT2D eigenvalue weighted by Gasteiger charge is 2.34. The zero-order valence-electron chi connectivity index (χ0n) is 20.1. The number of hydrogen-bond acceptors (Lipinski definition) is 3. The van der Waals surface area contributed by atoms with Crippen LogP contribution < -0.4 is 4.74 Å². The highest BCUT2D eigenvalue weighted by molar-refractivity contribution is 6.34. The lowest BCUT2D eigenvalue weighted by atomic mass is 10.0. The standard InChI is InChI=1S/C29H29ClN2O3/c1-31(2)28(33)26-16-21(10-13-27(26)30)20-7-5-6-19(14-20)18-35-24-11-12-25-22(15-24)17-32(29(25)34)23-8-3-4-9-23/h5-7,10-16,23H,3-4,8-9,17-18H2,1-2H3. The number of carbonyl (C=O) groups is 2. The van der Waals surface area contributed by atoms with E-state index in [1.807, 2.05) is 53.4 Å². The van der Waals surface area contributed by atoms with Gasteiger partial charge in [-0.05, 0) is 71.5 Å². The van der Waals surface area contributed by atoms with Gasteiger partial charge in [0.25, 0.3) is 11.8 Å². The number of fused-ring (bicyclic) bond motifs is 1. The Hall–Kier alpha value is -3.31. The summed E-state index contributed by atoms with van der Waals surface area (Å²) in [4.78, 5) is 28.8. The lowest BCUT2D eigenvalue weighted by molar-refractivity contribution is 0.0706. The Labute approximate surface area is 211 Å². The summed E-state index contributed by atoms with van der Waals surface area (Å²) in [5.74, 6) is 0.791. The third kappa shape index (κ3) is 4.78. The molecule has 6 heteroatoms. The van der Waals surface area contributed by atoms with Crippen LogP contribution in [0.2, 0.25) is 5.02 Å². The second-order valence-corrected chi connectivity index (χ2v) is 9.98. The number of amides is 2. The minimum Gasteiger partial charge on any atom is -0.489 e. The Bertz CT molecular complexity index is 1280. The summed E-state index contributed by atoms with van der Waals surface area (Å²) in [5.41, 5.74) is 5.26. The van der Waals surface area contributed by atoms with Gasteiger partial charge in [0.2, 0.25) is 0 Å². The topological polar surface area (TPSA) is 49.9 Å². The molecule has 0 radical (unpaired) electrons. The molecule has 5 rings (SSSR count). The molecule has 0 unspecified atom stereocenters. The predicted molar refractivity (Wildman–Crippen MR) is 138 cm³/mol. The summed E-state index contributed by atoms with van der Waals surface area (Å²) < 4.78 is 6.10. The number of rotatable bonds is 6. The highest BCUT2D eigenvalue weighted by atomic mass is 35.5. The number of nitrogens with zero attached hydrogens (tertiary/aromatic N) is 2. The van der Waals surface area contributed by atoms with E-state index in [2.05, 4.69) is 6.07 Å². The molecule has 0 N–H and O–H groups in total. The van der Waals surface area contributed by atoms with Gasteiger partial charge in [0.15, 0.2) is 0 Å². The summed E-state index contributed by atoms with van der Waals surface area (Å²) in [5, 5.41) is 0.438. The molecule has 1 aliphatic carbocycles. The molecule has 1 heterocycles. The Balaban J connectivity index is 1.30. The van der Waals surface area contributed by atoms with Crippen molar-refractivity contribution in [2.45, 2.75) is 44.9 Å². The first-order valence-electron chi connectivity index (χ1n) is 12.1. The van der Waals surface area contributed by atoms with Crippen LogP contribution in [0, 0.1) is 0 Å². The van der Waals surface area contributed by atoms with E-state index in [9.17, 15) is 9.59 Å². The fourth-order valence-corrected chi connectivity index (χ4v) is 5.24. The molecule has 0 bridgehead atoms. The Morgan fingerprint density at radius 1 is 1.03 bits per heavy atom. The second kappa shape index (κ2) is 9.74. The van der Waals surface area contributed by atoms with Crippen LogP contribution >= 0.6 is 11.6 Å². The molecule has 5 nitrogen and oxygen atoms in total. The third-order valence-electron chi connectivity index (χ3n) is 6.94. The van der Waals surface area contributed by atoms with Crippen molar-refractivity contribution in [3.05, 3.63) is 87.9 Å². The number of halogens is 1. The zero-order valence-corrected chi connectivity index (χ0v) is 20.8. The first kappa shape index (κ1) is 23.4. The van der Waals surface area contributed by atoms with E-state index in [1.165, 1.54) is 17.7 Å². The SMILES string of the molecule is CN(C)C(=O)c1cc(-c2cccc(COc3ccc4c(c3)CN(C3CCCC3)C4=O)c2)ccc1Cl. The molecule has 2 amide bonds.